The van der Waals surface area contributed by atoms with Gasteiger partial charge >= 0.3 is 0 Å². The van der Waals surface area contributed by atoms with E-state index in [2.05, 4.69) is 10.3 Å². The molecule has 0 atom stereocenters. The fraction of sp³-hybridized carbons (Fsp3) is 0.263. The molecule has 142 valence electrons. The van der Waals surface area contributed by atoms with Crippen LogP contribution in [-0.2, 0) is 6.54 Å². The summed E-state index contributed by atoms with van der Waals surface area (Å²) in [5, 5.41) is 7.81. The predicted molar refractivity (Wildman–Crippen MR) is 107 cm³/mol. The smallest absolute Gasteiger partial charge is 0.263 e. The molecule has 2 heterocycles. The Labute approximate surface area is 165 Å². The van der Waals surface area contributed by atoms with Crippen LogP contribution < -0.4 is 19.5 Å². The number of carbonyl (C=O) groups excluding carboxylic acids is 1. The molecule has 1 amide bonds. The van der Waals surface area contributed by atoms with Crippen molar-refractivity contribution in [2.45, 2.75) is 13.5 Å². The molecule has 6 nitrogen and oxygen atoms in total. The number of thiazole rings is 1. The van der Waals surface area contributed by atoms with E-state index in [1.54, 1.807) is 32.7 Å². The number of rotatable bonds is 7. The number of ether oxygens (including phenoxy) is 3. The van der Waals surface area contributed by atoms with Crippen molar-refractivity contribution >= 4 is 28.6 Å². The minimum atomic E-state index is -0.153. The average Bonchev–Trinajstić information content (AvgIpc) is 3.34. The Morgan fingerprint density at radius 1 is 1.15 bits per heavy atom. The molecule has 0 radical (unpaired) electrons. The number of nitrogens with zero attached hydrogens (tertiary/aromatic N) is 1. The first-order valence-electron chi connectivity index (χ1n) is 8.14. The highest BCUT2D eigenvalue weighted by Crippen LogP contribution is 2.38. The summed E-state index contributed by atoms with van der Waals surface area (Å²) < 4.78 is 16.0. The van der Waals surface area contributed by atoms with Gasteiger partial charge in [0.1, 0.15) is 9.88 Å². The highest BCUT2D eigenvalue weighted by Gasteiger charge is 2.18. The molecule has 0 saturated carbocycles. The summed E-state index contributed by atoms with van der Waals surface area (Å²) >= 11 is 3.00. The molecule has 0 fully saturated rings. The Bertz CT molecular complexity index is 910. The quantitative estimate of drug-likeness (QED) is 0.641. The Morgan fingerprint density at radius 2 is 1.85 bits per heavy atom. The van der Waals surface area contributed by atoms with Crippen LogP contribution in [0.4, 0.5) is 0 Å². The normalized spacial score (nSPS) is 10.5. The molecule has 0 aliphatic rings. The second-order valence-electron chi connectivity index (χ2n) is 5.66. The van der Waals surface area contributed by atoms with Crippen LogP contribution in [0.3, 0.4) is 0 Å². The van der Waals surface area contributed by atoms with Gasteiger partial charge in [-0.1, -0.05) is 0 Å². The second-order valence-corrected chi connectivity index (χ2v) is 7.44. The van der Waals surface area contributed by atoms with E-state index in [9.17, 15) is 4.79 Å². The van der Waals surface area contributed by atoms with Crippen molar-refractivity contribution in [3.8, 4) is 27.8 Å². The van der Waals surface area contributed by atoms with Crippen molar-refractivity contribution in [3.05, 3.63) is 45.1 Å². The van der Waals surface area contributed by atoms with Crippen molar-refractivity contribution in [3.63, 3.8) is 0 Å². The Kier molecular flexibility index (Phi) is 5.98. The summed E-state index contributed by atoms with van der Waals surface area (Å²) in [5.74, 6) is 1.47. The third-order valence-corrected chi connectivity index (χ3v) is 5.84. The van der Waals surface area contributed by atoms with Crippen molar-refractivity contribution in [2.75, 3.05) is 21.3 Å². The summed E-state index contributed by atoms with van der Waals surface area (Å²) in [4.78, 5) is 17.8. The van der Waals surface area contributed by atoms with Crippen LogP contribution >= 0.6 is 22.7 Å². The zero-order chi connectivity index (χ0) is 19.4. The Hall–Kier alpha value is -2.58. The summed E-state index contributed by atoms with van der Waals surface area (Å²) in [6.07, 6.45) is 0. The number of nitrogens with one attached hydrogen (secondary N) is 1. The number of carbonyl (C=O) groups is 1. The summed E-state index contributed by atoms with van der Waals surface area (Å²) in [7, 11) is 4.68. The highest BCUT2D eigenvalue weighted by molar-refractivity contribution is 7.17. The number of aryl methyl sites for hydroxylation is 1. The van der Waals surface area contributed by atoms with Crippen LogP contribution in [-0.4, -0.2) is 32.2 Å². The van der Waals surface area contributed by atoms with Gasteiger partial charge in [-0.05, 0) is 36.1 Å². The van der Waals surface area contributed by atoms with E-state index in [1.807, 2.05) is 35.9 Å². The van der Waals surface area contributed by atoms with E-state index in [0.29, 0.717) is 28.7 Å². The highest BCUT2D eigenvalue weighted by atomic mass is 32.1. The first-order valence-corrected chi connectivity index (χ1v) is 9.90. The number of hydrogen-bond acceptors (Lipinski definition) is 7. The van der Waals surface area contributed by atoms with Crippen LogP contribution in [0.25, 0.3) is 10.6 Å². The fourth-order valence-electron chi connectivity index (χ4n) is 2.62. The number of aromatic nitrogens is 1. The molecule has 1 aromatic carbocycles. The molecule has 0 spiro atoms. The maximum absolute atomic E-state index is 12.6. The minimum Gasteiger partial charge on any atom is -0.493 e. The molecule has 0 saturated heterocycles. The molecule has 27 heavy (non-hydrogen) atoms. The van der Waals surface area contributed by atoms with Crippen LogP contribution in [0.15, 0.2) is 29.0 Å². The van der Waals surface area contributed by atoms with Gasteiger partial charge in [-0.2, -0.15) is 11.3 Å². The fourth-order valence-corrected chi connectivity index (χ4v) is 4.31. The van der Waals surface area contributed by atoms with E-state index >= 15 is 0 Å². The molecule has 0 bridgehead atoms. The lowest BCUT2D eigenvalue weighted by Gasteiger charge is -2.14. The van der Waals surface area contributed by atoms with Gasteiger partial charge in [0.2, 0.25) is 5.75 Å². The molecule has 0 aliphatic heterocycles. The van der Waals surface area contributed by atoms with Gasteiger partial charge < -0.3 is 19.5 Å². The third-order valence-electron chi connectivity index (χ3n) is 3.95. The van der Waals surface area contributed by atoms with Crippen molar-refractivity contribution in [2.24, 2.45) is 0 Å². The molecule has 2 aromatic heterocycles. The molecule has 8 heteroatoms. The van der Waals surface area contributed by atoms with Gasteiger partial charge in [-0.25, -0.2) is 4.98 Å². The summed E-state index contributed by atoms with van der Waals surface area (Å²) in [6, 6.07) is 5.64. The lowest BCUT2D eigenvalue weighted by Crippen LogP contribution is -2.22. The Balaban J connectivity index is 1.76. The van der Waals surface area contributed by atoms with Crippen LogP contribution in [0.5, 0.6) is 17.2 Å². The first-order chi connectivity index (χ1) is 13.1. The number of thiophene rings is 1. The zero-order valence-corrected chi connectivity index (χ0v) is 17.1. The molecule has 3 aromatic rings. The van der Waals surface area contributed by atoms with E-state index < -0.39 is 0 Å². The molecule has 0 aliphatic carbocycles. The number of methoxy groups -OCH3 is 3. The molecular formula is C19H20N2O4S2. The minimum absolute atomic E-state index is 0.153. The maximum atomic E-state index is 12.6. The van der Waals surface area contributed by atoms with E-state index in [4.69, 9.17) is 14.2 Å². The van der Waals surface area contributed by atoms with Crippen LogP contribution in [0.2, 0.25) is 0 Å². The Morgan fingerprint density at radius 3 is 2.41 bits per heavy atom. The van der Waals surface area contributed by atoms with Gasteiger partial charge in [-0.15, -0.1) is 11.3 Å². The number of amides is 1. The number of benzene rings is 1. The van der Waals surface area contributed by atoms with Gasteiger partial charge in [0.05, 0.1) is 27.0 Å². The third kappa shape index (κ3) is 4.06. The van der Waals surface area contributed by atoms with Gasteiger partial charge in [0.15, 0.2) is 11.5 Å². The van der Waals surface area contributed by atoms with Gasteiger partial charge in [-0.3, -0.25) is 4.79 Å². The standard InChI is InChI=1S/C19H20N2O4S2/c1-11-17(27-19(21-11)13-5-6-26-10-13)18(22)20-9-12-7-14(23-2)16(25-4)15(8-12)24-3/h5-8,10H,9H2,1-4H3,(H,20,22). The maximum Gasteiger partial charge on any atom is 0.263 e. The van der Waals surface area contributed by atoms with Crippen molar-refractivity contribution in [1.29, 1.82) is 0 Å². The van der Waals surface area contributed by atoms with Crippen molar-refractivity contribution in [1.82, 2.24) is 10.3 Å². The molecule has 0 unspecified atom stereocenters. The molecular weight excluding hydrogens is 384 g/mol. The predicted octanol–water partition coefficient (Wildman–Crippen LogP) is 4.14. The lowest BCUT2D eigenvalue weighted by molar-refractivity contribution is 0.0954. The van der Waals surface area contributed by atoms with E-state index in [-0.39, 0.29) is 5.91 Å². The van der Waals surface area contributed by atoms with Gasteiger partial charge in [0, 0.05) is 17.5 Å². The zero-order valence-electron chi connectivity index (χ0n) is 15.5. The van der Waals surface area contributed by atoms with Crippen molar-refractivity contribution < 1.29 is 19.0 Å². The first kappa shape index (κ1) is 19.2. The lowest BCUT2D eigenvalue weighted by atomic mass is 10.1. The summed E-state index contributed by atoms with van der Waals surface area (Å²) in [5.41, 5.74) is 2.61. The van der Waals surface area contributed by atoms with E-state index in [1.165, 1.54) is 11.3 Å². The van der Waals surface area contributed by atoms with Crippen LogP contribution in [0, 0.1) is 6.92 Å². The number of hydrogen-bond donors (Lipinski definition) is 1. The van der Waals surface area contributed by atoms with Crippen LogP contribution in [0.1, 0.15) is 20.9 Å². The summed E-state index contributed by atoms with van der Waals surface area (Å²) in [6.45, 7) is 2.18. The monoisotopic (exact) mass is 404 g/mol. The SMILES string of the molecule is COc1cc(CNC(=O)c2sc(-c3ccsc3)nc2C)cc(OC)c1OC. The van der Waals surface area contributed by atoms with Gasteiger partial charge in [0.25, 0.3) is 5.91 Å². The van der Waals surface area contributed by atoms with E-state index in [0.717, 1.165) is 21.8 Å². The molecule has 1 N–H and O–H groups in total. The average molecular weight is 405 g/mol. The topological polar surface area (TPSA) is 69.7 Å². The molecule has 3 rings (SSSR count). The second kappa shape index (κ2) is 8.41. The largest absolute Gasteiger partial charge is 0.493 e.